The quantitative estimate of drug-likeness (QED) is 0.665. The van der Waals surface area contributed by atoms with Crippen molar-refractivity contribution in [3.05, 3.63) is 0 Å². The number of amides is 2. The van der Waals surface area contributed by atoms with E-state index in [1.807, 2.05) is 0 Å². The number of β-amino-alcohol motifs (C(OH)–C–C–N with tert-alkyl or cyclic N) is 1. The lowest BCUT2D eigenvalue weighted by Gasteiger charge is -2.28. The molecular weight excluding hydrogens is 194 g/mol. The van der Waals surface area contributed by atoms with Gasteiger partial charge in [-0.2, -0.15) is 0 Å². The number of piperidine rings is 1. The van der Waals surface area contributed by atoms with Crippen LogP contribution in [-0.2, 0) is 9.59 Å². The van der Waals surface area contributed by atoms with E-state index >= 15 is 0 Å². The first kappa shape index (κ1) is 9.33. The lowest BCUT2D eigenvalue weighted by atomic mass is 10.0. The molecule has 2 amide bonds. The lowest BCUT2D eigenvalue weighted by Crippen LogP contribution is -2.45. The van der Waals surface area contributed by atoms with Crippen LogP contribution in [0.5, 0.6) is 0 Å². The molecule has 3 aliphatic rings. The molecule has 0 aromatic carbocycles. The Labute approximate surface area is 88.2 Å². The summed E-state index contributed by atoms with van der Waals surface area (Å²) in [5.41, 5.74) is -0.790. The average molecular weight is 209 g/mol. The molecule has 0 radical (unpaired) electrons. The summed E-state index contributed by atoms with van der Waals surface area (Å²) in [7, 11) is 0. The Balaban J connectivity index is 1.73. The van der Waals surface area contributed by atoms with E-state index in [1.165, 1.54) is 4.90 Å². The van der Waals surface area contributed by atoms with Gasteiger partial charge in [0.15, 0.2) is 0 Å². The molecule has 1 saturated heterocycles. The van der Waals surface area contributed by atoms with Crippen molar-refractivity contribution in [2.75, 3.05) is 6.54 Å². The van der Waals surface area contributed by atoms with Gasteiger partial charge in [0, 0.05) is 0 Å². The molecule has 4 heteroatoms. The number of likely N-dealkylation sites (tertiary alicyclic amines) is 1. The molecule has 1 N–H and O–H groups in total. The van der Waals surface area contributed by atoms with Crippen LogP contribution in [0.4, 0.5) is 0 Å². The van der Waals surface area contributed by atoms with E-state index in [9.17, 15) is 14.7 Å². The molecule has 0 aromatic rings. The number of aliphatic hydroxyl groups is 1. The van der Waals surface area contributed by atoms with Crippen LogP contribution in [0.15, 0.2) is 0 Å². The summed E-state index contributed by atoms with van der Waals surface area (Å²) in [4.78, 5) is 24.7. The molecule has 2 saturated carbocycles. The molecule has 4 nitrogen and oxygen atoms in total. The Morgan fingerprint density at radius 2 is 1.73 bits per heavy atom. The monoisotopic (exact) mass is 209 g/mol. The Morgan fingerprint density at radius 1 is 1.20 bits per heavy atom. The highest BCUT2D eigenvalue weighted by Gasteiger charge is 2.59. The molecule has 2 unspecified atom stereocenters. The van der Waals surface area contributed by atoms with Crippen LogP contribution in [-0.4, -0.2) is 34.0 Å². The fourth-order valence-electron chi connectivity index (χ4n) is 2.89. The summed E-state index contributed by atoms with van der Waals surface area (Å²) in [6, 6.07) is 0. The number of hydrogen-bond donors (Lipinski definition) is 1. The number of nitrogens with zero attached hydrogens (tertiary/aromatic N) is 1. The smallest absolute Gasteiger partial charge is 0.233 e. The molecule has 1 heterocycles. The number of imide groups is 1. The van der Waals surface area contributed by atoms with Gasteiger partial charge >= 0.3 is 0 Å². The highest BCUT2D eigenvalue weighted by molar-refractivity contribution is 6.08. The van der Waals surface area contributed by atoms with Crippen LogP contribution in [0.3, 0.4) is 0 Å². The predicted molar refractivity (Wildman–Crippen MR) is 51.7 cm³/mol. The Bertz CT molecular complexity index is 313. The summed E-state index contributed by atoms with van der Waals surface area (Å²) in [6.45, 7) is 0.234. The van der Waals surface area contributed by atoms with Crippen molar-refractivity contribution in [2.45, 2.75) is 37.7 Å². The standard InChI is InChI=1S/C11H15NO3/c13-9-7-5-8(7)10(14)12(9)6-11(15)3-1-2-4-11/h7-8,15H,1-6H2. The maximum atomic E-state index is 11.7. The Hall–Kier alpha value is -0.900. The topological polar surface area (TPSA) is 57.6 Å². The molecule has 3 rings (SSSR count). The molecule has 0 aromatic heterocycles. The van der Waals surface area contributed by atoms with Crippen molar-refractivity contribution >= 4 is 11.8 Å². The van der Waals surface area contributed by atoms with Crippen LogP contribution in [0.25, 0.3) is 0 Å². The zero-order valence-electron chi connectivity index (χ0n) is 8.61. The molecule has 15 heavy (non-hydrogen) atoms. The van der Waals surface area contributed by atoms with Crippen LogP contribution in [0.2, 0.25) is 0 Å². The first-order valence-corrected chi connectivity index (χ1v) is 5.68. The van der Waals surface area contributed by atoms with Gasteiger partial charge in [-0.25, -0.2) is 0 Å². The number of hydrogen-bond acceptors (Lipinski definition) is 3. The minimum atomic E-state index is -0.790. The maximum Gasteiger partial charge on any atom is 0.233 e. The van der Waals surface area contributed by atoms with Crippen molar-refractivity contribution in [3.63, 3.8) is 0 Å². The normalized spacial score (nSPS) is 37.3. The van der Waals surface area contributed by atoms with Gasteiger partial charge in [0.2, 0.25) is 11.8 Å². The third-order valence-electron chi connectivity index (χ3n) is 3.94. The van der Waals surface area contributed by atoms with E-state index < -0.39 is 5.60 Å². The fraction of sp³-hybridized carbons (Fsp3) is 0.818. The van der Waals surface area contributed by atoms with Crippen molar-refractivity contribution in [3.8, 4) is 0 Å². The van der Waals surface area contributed by atoms with Crippen LogP contribution < -0.4 is 0 Å². The van der Waals surface area contributed by atoms with Crippen molar-refractivity contribution in [1.82, 2.24) is 4.90 Å². The Kier molecular flexibility index (Phi) is 1.75. The van der Waals surface area contributed by atoms with E-state index in [4.69, 9.17) is 0 Å². The lowest BCUT2D eigenvalue weighted by molar-refractivity contribution is -0.145. The second kappa shape index (κ2) is 2.82. The summed E-state index contributed by atoms with van der Waals surface area (Å²) in [5, 5.41) is 10.1. The summed E-state index contributed by atoms with van der Waals surface area (Å²) < 4.78 is 0. The van der Waals surface area contributed by atoms with E-state index in [0.717, 1.165) is 32.1 Å². The SMILES string of the molecule is O=C1C2CC2C(=O)N1CC1(O)CCCC1. The minimum Gasteiger partial charge on any atom is -0.388 e. The maximum absolute atomic E-state index is 11.7. The second-order valence-corrected chi connectivity index (χ2v) is 5.14. The third-order valence-corrected chi connectivity index (χ3v) is 3.94. The van der Waals surface area contributed by atoms with E-state index in [2.05, 4.69) is 0 Å². The second-order valence-electron chi connectivity index (χ2n) is 5.14. The number of rotatable bonds is 2. The summed E-state index contributed by atoms with van der Waals surface area (Å²) in [6.07, 6.45) is 4.19. The number of carbonyl (C=O) groups excluding carboxylic acids is 2. The molecule has 82 valence electrons. The van der Waals surface area contributed by atoms with Crippen LogP contribution in [0.1, 0.15) is 32.1 Å². The third kappa shape index (κ3) is 1.31. The highest BCUT2D eigenvalue weighted by atomic mass is 16.3. The molecular formula is C11H15NO3. The van der Waals surface area contributed by atoms with Gasteiger partial charge < -0.3 is 5.11 Å². The molecule has 3 fully saturated rings. The zero-order chi connectivity index (χ0) is 10.6. The first-order chi connectivity index (χ1) is 7.11. The largest absolute Gasteiger partial charge is 0.388 e. The highest BCUT2D eigenvalue weighted by Crippen LogP contribution is 2.47. The van der Waals surface area contributed by atoms with Gasteiger partial charge in [-0.3, -0.25) is 14.5 Å². The van der Waals surface area contributed by atoms with Crippen molar-refractivity contribution in [1.29, 1.82) is 0 Å². The average Bonchev–Trinajstić information content (AvgIpc) is 2.84. The van der Waals surface area contributed by atoms with E-state index in [-0.39, 0.29) is 30.2 Å². The van der Waals surface area contributed by atoms with Gasteiger partial charge in [-0.05, 0) is 19.3 Å². The predicted octanol–water partition coefficient (Wildman–Crippen LogP) is 0.296. The van der Waals surface area contributed by atoms with E-state index in [1.54, 1.807) is 0 Å². The van der Waals surface area contributed by atoms with Crippen LogP contribution >= 0.6 is 0 Å². The summed E-state index contributed by atoms with van der Waals surface area (Å²) >= 11 is 0. The summed E-state index contributed by atoms with van der Waals surface area (Å²) in [5.74, 6) is -0.180. The van der Waals surface area contributed by atoms with Crippen LogP contribution in [0, 0.1) is 11.8 Å². The Morgan fingerprint density at radius 3 is 2.27 bits per heavy atom. The molecule has 0 spiro atoms. The number of fused-ring (bicyclic) bond motifs is 1. The number of carbonyl (C=O) groups is 2. The molecule has 1 aliphatic heterocycles. The van der Waals surface area contributed by atoms with Gasteiger partial charge in [-0.1, -0.05) is 12.8 Å². The van der Waals surface area contributed by atoms with E-state index in [0.29, 0.717) is 0 Å². The van der Waals surface area contributed by atoms with Crippen molar-refractivity contribution < 1.29 is 14.7 Å². The van der Waals surface area contributed by atoms with Crippen molar-refractivity contribution in [2.24, 2.45) is 11.8 Å². The van der Waals surface area contributed by atoms with Gasteiger partial charge in [0.05, 0.1) is 24.0 Å². The van der Waals surface area contributed by atoms with Gasteiger partial charge in [-0.15, -0.1) is 0 Å². The first-order valence-electron chi connectivity index (χ1n) is 5.68. The fourth-order valence-corrected chi connectivity index (χ4v) is 2.89. The van der Waals surface area contributed by atoms with Gasteiger partial charge in [0.25, 0.3) is 0 Å². The molecule has 0 bridgehead atoms. The zero-order valence-corrected chi connectivity index (χ0v) is 8.61. The molecule has 2 aliphatic carbocycles. The minimum absolute atomic E-state index is 0.0393. The van der Waals surface area contributed by atoms with Gasteiger partial charge in [0.1, 0.15) is 0 Å². The molecule has 2 atom stereocenters.